The number of nitrogens with two attached hydrogens (primary N) is 1. The van der Waals surface area contributed by atoms with E-state index in [-0.39, 0.29) is 12.0 Å². The first kappa shape index (κ1) is 13.9. The van der Waals surface area contributed by atoms with Crippen LogP contribution in [0.4, 0.5) is 5.69 Å². The number of hydrogen-bond acceptors (Lipinski definition) is 3. The SMILES string of the molecule is COC1CCCN(C(=O)CCc2ccccc2N)C1. The predicted molar refractivity (Wildman–Crippen MR) is 75.8 cm³/mol. The summed E-state index contributed by atoms with van der Waals surface area (Å²) in [6, 6.07) is 7.73. The summed E-state index contributed by atoms with van der Waals surface area (Å²) >= 11 is 0. The van der Waals surface area contributed by atoms with Gasteiger partial charge in [-0.1, -0.05) is 18.2 Å². The monoisotopic (exact) mass is 262 g/mol. The van der Waals surface area contributed by atoms with Gasteiger partial charge in [0.2, 0.25) is 5.91 Å². The number of amides is 1. The summed E-state index contributed by atoms with van der Waals surface area (Å²) in [5.41, 5.74) is 7.70. The molecule has 1 saturated heterocycles. The number of nitrogens with zero attached hydrogens (tertiary/aromatic N) is 1. The number of carbonyl (C=O) groups is 1. The standard InChI is InChI=1S/C15H22N2O2/c1-19-13-6-4-10-17(11-13)15(18)9-8-12-5-2-3-7-14(12)16/h2-3,5,7,13H,4,6,8-11,16H2,1H3. The Morgan fingerprint density at radius 2 is 2.26 bits per heavy atom. The molecule has 1 aromatic carbocycles. The third-order valence-electron chi connectivity index (χ3n) is 3.73. The first-order valence-corrected chi connectivity index (χ1v) is 6.84. The van der Waals surface area contributed by atoms with Crippen LogP contribution < -0.4 is 5.73 Å². The molecule has 1 aliphatic rings. The van der Waals surface area contributed by atoms with Gasteiger partial charge in [-0.3, -0.25) is 4.79 Å². The first-order chi connectivity index (χ1) is 9.20. The molecule has 2 rings (SSSR count). The number of anilines is 1. The van der Waals surface area contributed by atoms with Crippen molar-refractivity contribution in [2.75, 3.05) is 25.9 Å². The van der Waals surface area contributed by atoms with Crippen LogP contribution in [0.1, 0.15) is 24.8 Å². The molecule has 0 aromatic heterocycles. The largest absolute Gasteiger partial charge is 0.399 e. The van der Waals surface area contributed by atoms with Gasteiger partial charge in [0, 0.05) is 32.3 Å². The normalized spacial score (nSPS) is 19.4. The molecule has 0 aliphatic carbocycles. The van der Waals surface area contributed by atoms with Crippen molar-refractivity contribution in [2.45, 2.75) is 31.8 Å². The van der Waals surface area contributed by atoms with Crippen molar-refractivity contribution in [3.05, 3.63) is 29.8 Å². The number of benzene rings is 1. The number of rotatable bonds is 4. The maximum Gasteiger partial charge on any atom is 0.222 e. The molecule has 4 nitrogen and oxygen atoms in total. The number of methoxy groups -OCH3 is 1. The molecule has 1 atom stereocenters. The highest BCUT2D eigenvalue weighted by molar-refractivity contribution is 5.76. The highest BCUT2D eigenvalue weighted by atomic mass is 16.5. The number of carbonyl (C=O) groups excluding carboxylic acids is 1. The molecule has 0 bridgehead atoms. The zero-order valence-corrected chi connectivity index (χ0v) is 11.5. The number of para-hydroxylation sites is 1. The van der Waals surface area contributed by atoms with Crippen LogP contribution in [-0.4, -0.2) is 37.1 Å². The Morgan fingerprint density at radius 3 is 3.00 bits per heavy atom. The zero-order valence-electron chi connectivity index (χ0n) is 11.5. The van der Waals surface area contributed by atoms with E-state index in [0.717, 1.165) is 37.2 Å². The number of likely N-dealkylation sites (tertiary alicyclic amines) is 1. The minimum Gasteiger partial charge on any atom is -0.399 e. The lowest BCUT2D eigenvalue weighted by atomic mass is 10.0. The fraction of sp³-hybridized carbons (Fsp3) is 0.533. The maximum absolute atomic E-state index is 12.2. The predicted octanol–water partition coefficient (Wildman–Crippen LogP) is 1.84. The Morgan fingerprint density at radius 1 is 1.47 bits per heavy atom. The van der Waals surface area contributed by atoms with Crippen molar-refractivity contribution >= 4 is 11.6 Å². The second kappa shape index (κ2) is 6.57. The Hall–Kier alpha value is -1.55. The fourth-order valence-electron chi connectivity index (χ4n) is 2.52. The average molecular weight is 262 g/mol. The molecule has 0 saturated carbocycles. The molecule has 1 unspecified atom stereocenters. The molecule has 1 amide bonds. The molecule has 4 heteroatoms. The van der Waals surface area contributed by atoms with E-state index in [4.69, 9.17) is 10.5 Å². The fourth-order valence-corrected chi connectivity index (χ4v) is 2.52. The summed E-state index contributed by atoms with van der Waals surface area (Å²) in [6.45, 7) is 1.57. The summed E-state index contributed by atoms with van der Waals surface area (Å²) in [6.07, 6.45) is 3.49. The van der Waals surface area contributed by atoms with Crippen LogP contribution in [0.2, 0.25) is 0 Å². The third kappa shape index (κ3) is 3.70. The molecule has 0 spiro atoms. The minimum absolute atomic E-state index is 0.194. The van der Waals surface area contributed by atoms with E-state index >= 15 is 0 Å². The molecule has 1 aliphatic heterocycles. The van der Waals surface area contributed by atoms with Crippen molar-refractivity contribution in [1.82, 2.24) is 4.90 Å². The molecule has 104 valence electrons. The Kier molecular flexibility index (Phi) is 4.80. The molecule has 1 heterocycles. The summed E-state index contributed by atoms with van der Waals surface area (Å²) in [5, 5.41) is 0. The molecule has 2 N–H and O–H groups in total. The van der Waals surface area contributed by atoms with E-state index in [0.29, 0.717) is 12.8 Å². The first-order valence-electron chi connectivity index (χ1n) is 6.84. The van der Waals surface area contributed by atoms with Crippen molar-refractivity contribution in [1.29, 1.82) is 0 Å². The van der Waals surface area contributed by atoms with Gasteiger partial charge in [0.1, 0.15) is 0 Å². The summed E-state index contributed by atoms with van der Waals surface area (Å²) < 4.78 is 5.34. The van der Waals surface area contributed by atoms with Crippen molar-refractivity contribution in [3.8, 4) is 0 Å². The van der Waals surface area contributed by atoms with Gasteiger partial charge < -0.3 is 15.4 Å². The molecule has 0 radical (unpaired) electrons. The third-order valence-corrected chi connectivity index (χ3v) is 3.73. The van der Waals surface area contributed by atoms with E-state index in [1.165, 1.54) is 0 Å². The minimum atomic E-state index is 0.194. The lowest BCUT2D eigenvalue weighted by molar-refractivity contribution is -0.134. The van der Waals surface area contributed by atoms with E-state index in [1.54, 1.807) is 7.11 Å². The lowest BCUT2D eigenvalue weighted by Crippen LogP contribution is -2.42. The number of ether oxygens (including phenoxy) is 1. The number of piperidine rings is 1. The zero-order chi connectivity index (χ0) is 13.7. The van der Waals surface area contributed by atoms with Crippen molar-refractivity contribution in [2.24, 2.45) is 0 Å². The number of nitrogen functional groups attached to an aromatic ring is 1. The molecular formula is C15H22N2O2. The number of hydrogen-bond donors (Lipinski definition) is 1. The van der Waals surface area contributed by atoms with Gasteiger partial charge in [-0.2, -0.15) is 0 Å². The average Bonchev–Trinajstić information content (AvgIpc) is 2.46. The van der Waals surface area contributed by atoms with E-state index in [1.807, 2.05) is 29.2 Å². The van der Waals surface area contributed by atoms with Crippen LogP contribution in [0, 0.1) is 0 Å². The second-order valence-electron chi connectivity index (χ2n) is 5.04. The van der Waals surface area contributed by atoms with Gasteiger partial charge in [-0.25, -0.2) is 0 Å². The van der Waals surface area contributed by atoms with E-state index < -0.39 is 0 Å². The highest BCUT2D eigenvalue weighted by Crippen LogP contribution is 2.16. The number of aryl methyl sites for hydroxylation is 1. The molecule has 19 heavy (non-hydrogen) atoms. The topological polar surface area (TPSA) is 55.6 Å². The van der Waals surface area contributed by atoms with Crippen LogP contribution in [0.5, 0.6) is 0 Å². The van der Waals surface area contributed by atoms with Gasteiger partial charge in [0.05, 0.1) is 6.10 Å². The summed E-state index contributed by atoms with van der Waals surface area (Å²) in [5.74, 6) is 0.199. The van der Waals surface area contributed by atoms with Crippen LogP contribution in [0.3, 0.4) is 0 Å². The quantitative estimate of drug-likeness (QED) is 0.842. The highest BCUT2D eigenvalue weighted by Gasteiger charge is 2.22. The van der Waals surface area contributed by atoms with Gasteiger partial charge in [-0.05, 0) is 30.9 Å². The second-order valence-corrected chi connectivity index (χ2v) is 5.04. The van der Waals surface area contributed by atoms with Crippen LogP contribution >= 0.6 is 0 Å². The smallest absolute Gasteiger partial charge is 0.222 e. The van der Waals surface area contributed by atoms with Crippen molar-refractivity contribution in [3.63, 3.8) is 0 Å². The van der Waals surface area contributed by atoms with E-state index in [9.17, 15) is 4.79 Å². The van der Waals surface area contributed by atoms with Crippen LogP contribution in [0.25, 0.3) is 0 Å². The summed E-state index contributed by atoms with van der Waals surface area (Å²) in [4.78, 5) is 14.1. The lowest BCUT2D eigenvalue weighted by Gasteiger charge is -2.32. The van der Waals surface area contributed by atoms with E-state index in [2.05, 4.69) is 0 Å². The summed E-state index contributed by atoms with van der Waals surface area (Å²) in [7, 11) is 1.71. The Bertz CT molecular complexity index is 434. The molecule has 1 fully saturated rings. The molecule has 1 aromatic rings. The maximum atomic E-state index is 12.2. The van der Waals surface area contributed by atoms with Crippen molar-refractivity contribution < 1.29 is 9.53 Å². The molecular weight excluding hydrogens is 240 g/mol. The Labute approximate surface area is 114 Å². The van der Waals surface area contributed by atoms with Gasteiger partial charge in [0.25, 0.3) is 0 Å². The van der Waals surface area contributed by atoms with Gasteiger partial charge in [-0.15, -0.1) is 0 Å². The van der Waals surface area contributed by atoms with Gasteiger partial charge in [0.15, 0.2) is 0 Å². The van der Waals surface area contributed by atoms with Gasteiger partial charge >= 0.3 is 0 Å². The Balaban J connectivity index is 1.86. The van der Waals surface area contributed by atoms with Crippen LogP contribution in [0.15, 0.2) is 24.3 Å². The van der Waals surface area contributed by atoms with Crippen LogP contribution in [-0.2, 0) is 16.0 Å².